The van der Waals surface area contributed by atoms with Gasteiger partial charge in [-0.05, 0) is 46.6 Å². The molecule has 0 aliphatic rings. The monoisotopic (exact) mass is 309 g/mol. The summed E-state index contributed by atoms with van der Waals surface area (Å²) in [5, 5.41) is 3.10. The van der Waals surface area contributed by atoms with Crippen LogP contribution in [0.2, 0.25) is 0 Å². The molecule has 94 valence electrons. The van der Waals surface area contributed by atoms with Gasteiger partial charge in [-0.15, -0.1) is 0 Å². The molecule has 1 heterocycles. The van der Waals surface area contributed by atoms with E-state index < -0.39 is 0 Å². The maximum Gasteiger partial charge on any atom is 0.267 e. The molecule has 18 heavy (non-hydrogen) atoms. The summed E-state index contributed by atoms with van der Waals surface area (Å²) < 4.78 is 5.51. The SMILES string of the molecule is COc1ccc(Nc2nc[nH]c(=O)c2Br)c(C)c1. The smallest absolute Gasteiger partial charge is 0.267 e. The van der Waals surface area contributed by atoms with Gasteiger partial charge >= 0.3 is 0 Å². The van der Waals surface area contributed by atoms with Gasteiger partial charge in [0.05, 0.1) is 13.4 Å². The third-order valence-corrected chi connectivity index (χ3v) is 3.22. The van der Waals surface area contributed by atoms with Crippen LogP contribution in [0, 0.1) is 6.92 Å². The lowest BCUT2D eigenvalue weighted by molar-refractivity contribution is 0.414. The van der Waals surface area contributed by atoms with Crippen molar-refractivity contribution in [3.05, 3.63) is 44.9 Å². The number of halogens is 1. The first-order chi connectivity index (χ1) is 8.61. The molecule has 0 radical (unpaired) electrons. The minimum atomic E-state index is -0.223. The number of ether oxygens (including phenoxy) is 1. The largest absolute Gasteiger partial charge is 0.497 e. The highest BCUT2D eigenvalue weighted by Crippen LogP contribution is 2.25. The number of hydrogen-bond donors (Lipinski definition) is 2. The van der Waals surface area contributed by atoms with Crippen LogP contribution in [0.3, 0.4) is 0 Å². The van der Waals surface area contributed by atoms with Crippen molar-refractivity contribution in [2.24, 2.45) is 0 Å². The van der Waals surface area contributed by atoms with E-state index >= 15 is 0 Å². The maximum absolute atomic E-state index is 11.4. The molecule has 0 unspecified atom stereocenters. The van der Waals surface area contributed by atoms with Crippen molar-refractivity contribution < 1.29 is 4.74 Å². The molecular weight excluding hydrogens is 298 g/mol. The number of aromatic amines is 1. The average molecular weight is 310 g/mol. The highest BCUT2D eigenvalue weighted by molar-refractivity contribution is 9.10. The number of benzene rings is 1. The third kappa shape index (κ3) is 2.53. The number of nitrogens with zero attached hydrogens (tertiary/aromatic N) is 1. The molecule has 0 atom stereocenters. The normalized spacial score (nSPS) is 10.2. The Labute approximate surface area is 112 Å². The summed E-state index contributed by atoms with van der Waals surface area (Å²) >= 11 is 3.20. The van der Waals surface area contributed by atoms with Crippen LogP contribution in [-0.4, -0.2) is 17.1 Å². The number of anilines is 2. The molecular formula is C12H12BrN3O2. The Morgan fingerprint density at radius 2 is 2.22 bits per heavy atom. The molecule has 0 bridgehead atoms. The fourth-order valence-corrected chi connectivity index (χ4v) is 1.82. The van der Waals surface area contributed by atoms with Gasteiger partial charge in [0.25, 0.3) is 5.56 Å². The molecule has 1 aromatic heterocycles. The summed E-state index contributed by atoms with van der Waals surface area (Å²) in [5.41, 5.74) is 1.65. The third-order valence-electron chi connectivity index (χ3n) is 2.48. The number of aromatic nitrogens is 2. The fourth-order valence-electron chi connectivity index (χ4n) is 1.50. The van der Waals surface area contributed by atoms with Gasteiger partial charge in [0.15, 0.2) is 5.82 Å². The maximum atomic E-state index is 11.4. The Hall–Kier alpha value is -1.82. The van der Waals surface area contributed by atoms with Crippen molar-refractivity contribution in [2.45, 2.75) is 6.92 Å². The molecule has 0 saturated carbocycles. The second-order valence-electron chi connectivity index (χ2n) is 3.70. The van der Waals surface area contributed by atoms with Gasteiger partial charge < -0.3 is 15.0 Å². The average Bonchev–Trinajstić information content (AvgIpc) is 2.37. The molecule has 6 heteroatoms. The van der Waals surface area contributed by atoms with Crippen molar-refractivity contribution in [2.75, 3.05) is 12.4 Å². The summed E-state index contributed by atoms with van der Waals surface area (Å²) in [6, 6.07) is 5.63. The molecule has 5 nitrogen and oxygen atoms in total. The first-order valence-electron chi connectivity index (χ1n) is 5.26. The van der Waals surface area contributed by atoms with Crippen molar-refractivity contribution in [3.63, 3.8) is 0 Å². The summed E-state index contributed by atoms with van der Waals surface area (Å²) in [6.45, 7) is 1.95. The number of H-pyrrole nitrogens is 1. The van der Waals surface area contributed by atoms with Gasteiger partial charge in [0.1, 0.15) is 10.2 Å². The van der Waals surface area contributed by atoms with Crippen LogP contribution in [0.15, 0.2) is 33.8 Å². The molecule has 0 saturated heterocycles. The Morgan fingerprint density at radius 3 is 2.89 bits per heavy atom. The van der Waals surface area contributed by atoms with Crippen LogP contribution < -0.4 is 15.6 Å². The van der Waals surface area contributed by atoms with Crippen LogP contribution in [0.5, 0.6) is 5.75 Å². The van der Waals surface area contributed by atoms with E-state index in [2.05, 4.69) is 31.2 Å². The highest BCUT2D eigenvalue weighted by atomic mass is 79.9. The van der Waals surface area contributed by atoms with Gasteiger partial charge in [-0.1, -0.05) is 0 Å². The molecule has 0 fully saturated rings. The Balaban J connectivity index is 2.34. The number of methoxy groups -OCH3 is 1. The zero-order valence-corrected chi connectivity index (χ0v) is 11.5. The number of nitrogens with one attached hydrogen (secondary N) is 2. The molecule has 2 N–H and O–H groups in total. The van der Waals surface area contributed by atoms with Crippen LogP contribution in [0.1, 0.15) is 5.56 Å². The zero-order valence-electron chi connectivity index (χ0n) is 9.95. The second-order valence-corrected chi connectivity index (χ2v) is 4.49. The van der Waals surface area contributed by atoms with Crippen molar-refractivity contribution in [1.29, 1.82) is 0 Å². The number of aryl methyl sites for hydroxylation is 1. The van der Waals surface area contributed by atoms with Gasteiger partial charge in [-0.2, -0.15) is 0 Å². The molecule has 2 rings (SSSR count). The van der Waals surface area contributed by atoms with Crippen molar-refractivity contribution in [3.8, 4) is 5.75 Å². The van der Waals surface area contributed by atoms with Gasteiger partial charge in [-0.25, -0.2) is 4.98 Å². The van der Waals surface area contributed by atoms with E-state index in [9.17, 15) is 4.79 Å². The molecule has 2 aromatic rings. The van der Waals surface area contributed by atoms with Gasteiger partial charge in [0.2, 0.25) is 0 Å². The lowest BCUT2D eigenvalue weighted by Gasteiger charge is -2.10. The van der Waals surface area contributed by atoms with E-state index in [1.165, 1.54) is 6.33 Å². The molecule has 0 aliphatic carbocycles. The topological polar surface area (TPSA) is 67.0 Å². The lowest BCUT2D eigenvalue weighted by Crippen LogP contribution is -2.10. The Kier molecular flexibility index (Phi) is 3.66. The van der Waals surface area contributed by atoms with E-state index in [4.69, 9.17) is 4.74 Å². The number of rotatable bonds is 3. The van der Waals surface area contributed by atoms with Crippen molar-refractivity contribution >= 4 is 27.4 Å². The van der Waals surface area contributed by atoms with Crippen LogP contribution in [-0.2, 0) is 0 Å². The standard InChI is InChI=1S/C12H12BrN3O2/c1-7-5-8(18-2)3-4-9(7)16-11-10(13)12(17)15-6-14-11/h3-6H,1-2H3,(H2,14,15,16,17). The first kappa shape index (κ1) is 12.6. The van der Waals surface area contributed by atoms with Crippen molar-refractivity contribution in [1.82, 2.24) is 9.97 Å². The number of hydrogen-bond acceptors (Lipinski definition) is 4. The van der Waals surface area contributed by atoms with E-state index in [1.807, 2.05) is 25.1 Å². The highest BCUT2D eigenvalue weighted by Gasteiger charge is 2.07. The van der Waals surface area contributed by atoms with Crippen LogP contribution in [0.4, 0.5) is 11.5 Å². The van der Waals surface area contributed by atoms with E-state index in [0.717, 1.165) is 17.0 Å². The van der Waals surface area contributed by atoms with E-state index in [1.54, 1.807) is 7.11 Å². The van der Waals surface area contributed by atoms with Crippen LogP contribution >= 0.6 is 15.9 Å². The summed E-state index contributed by atoms with van der Waals surface area (Å²) in [5.74, 6) is 1.27. The molecule has 1 aromatic carbocycles. The summed E-state index contributed by atoms with van der Waals surface area (Å²) in [6.07, 6.45) is 1.36. The Morgan fingerprint density at radius 1 is 1.44 bits per heavy atom. The predicted molar refractivity (Wildman–Crippen MR) is 73.6 cm³/mol. The molecule has 0 spiro atoms. The van der Waals surface area contributed by atoms with Gasteiger partial charge in [0, 0.05) is 5.69 Å². The first-order valence-corrected chi connectivity index (χ1v) is 6.06. The van der Waals surface area contributed by atoms with E-state index in [0.29, 0.717) is 10.3 Å². The molecule has 0 aliphatic heterocycles. The predicted octanol–water partition coefficient (Wildman–Crippen LogP) is 2.59. The molecule has 0 amide bonds. The Bertz CT molecular complexity index is 625. The van der Waals surface area contributed by atoms with Gasteiger partial charge in [-0.3, -0.25) is 4.79 Å². The second kappa shape index (κ2) is 5.22. The lowest BCUT2D eigenvalue weighted by atomic mass is 10.2. The van der Waals surface area contributed by atoms with E-state index in [-0.39, 0.29) is 5.56 Å². The minimum absolute atomic E-state index is 0.223. The minimum Gasteiger partial charge on any atom is -0.497 e. The zero-order chi connectivity index (χ0) is 13.1. The quantitative estimate of drug-likeness (QED) is 0.914. The fraction of sp³-hybridized carbons (Fsp3) is 0.167. The van der Waals surface area contributed by atoms with Crippen LogP contribution in [0.25, 0.3) is 0 Å². The summed E-state index contributed by atoms with van der Waals surface area (Å²) in [4.78, 5) is 18.0. The summed E-state index contributed by atoms with van der Waals surface area (Å²) in [7, 11) is 1.62.